The fraction of sp³-hybridized carbons (Fsp3) is 0.529. The summed E-state index contributed by atoms with van der Waals surface area (Å²) in [4.78, 5) is 26.0. The lowest BCUT2D eigenvalue weighted by Gasteiger charge is -2.31. The van der Waals surface area contributed by atoms with Gasteiger partial charge in [0.1, 0.15) is 5.82 Å². The summed E-state index contributed by atoms with van der Waals surface area (Å²) in [5.74, 6) is -0.828. The van der Waals surface area contributed by atoms with E-state index in [9.17, 15) is 14.0 Å². The third-order valence-electron chi connectivity index (χ3n) is 4.10. The molecule has 2 amide bonds. The van der Waals surface area contributed by atoms with Crippen LogP contribution in [0.2, 0.25) is 0 Å². The van der Waals surface area contributed by atoms with Gasteiger partial charge in [-0.25, -0.2) is 4.39 Å². The molecule has 0 atom stereocenters. The Balaban J connectivity index is 1.67. The highest BCUT2D eigenvalue weighted by Crippen LogP contribution is 2.09. The third-order valence-corrected chi connectivity index (χ3v) is 4.10. The van der Waals surface area contributed by atoms with Crippen molar-refractivity contribution in [3.8, 4) is 0 Å². The van der Waals surface area contributed by atoms with Crippen LogP contribution in [0, 0.1) is 5.82 Å². The van der Waals surface area contributed by atoms with E-state index in [1.807, 2.05) is 0 Å². The van der Waals surface area contributed by atoms with E-state index in [1.165, 1.54) is 12.1 Å². The van der Waals surface area contributed by atoms with Gasteiger partial charge in [0.2, 0.25) is 11.8 Å². The second kappa shape index (κ2) is 8.62. The summed E-state index contributed by atoms with van der Waals surface area (Å²) >= 11 is 0. The molecule has 2 N–H and O–H groups in total. The molecule has 0 spiro atoms. The number of rotatable bonds is 6. The molecule has 0 aromatic heterocycles. The molecule has 1 fully saturated rings. The highest BCUT2D eigenvalue weighted by atomic mass is 19.1. The number of halogens is 1. The van der Waals surface area contributed by atoms with E-state index in [2.05, 4.69) is 22.5 Å². The largest absolute Gasteiger partial charge is 0.352 e. The predicted molar refractivity (Wildman–Crippen MR) is 86.4 cm³/mol. The number of likely N-dealkylation sites (tertiary alicyclic amines) is 1. The van der Waals surface area contributed by atoms with Crippen LogP contribution in [0.1, 0.15) is 25.3 Å². The number of nitrogens with one attached hydrogen (secondary N) is 2. The van der Waals surface area contributed by atoms with Gasteiger partial charge in [0.05, 0.1) is 13.0 Å². The van der Waals surface area contributed by atoms with E-state index in [1.54, 1.807) is 12.1 Å². The molecule has 23 heavy (non-hydrogen) atoms. The van der Waals surface area contributed by atoms with Crippen LogP contribution in [0.5, 0.6) is 0 Å². The summed E-state index contributed by atoms with van der Waals surface area (Å²) in [5.41, 5.74) is 0.592. The number of hydrogen-bond acceptors (Lipinski definition) is 3. The minimum absolute atomic E-state index is 0.0395. The van der Waals surface area contributed by atoms with E-state index in [0.29, 0.717) is 5.56 Å². The van der Waals surface area contributed by atoms with Gasteiger partial charge in [0.25, 0.3) is 0 Å². The number of amides is 2. The SMILES string of the molecule is CCN1CCC(NC(=O)CNC(=O)Cc2cccc(F)c2)CC1. The van der Waals surface area contributed by atoms with Gasteiger partial charge in [0, 0.05) is 19.1 Å². The van der Waals surface area contributed by atoms with Crippen LogP contribution in [0.3, 0.4) is 0 Å². The number of carbonyl (C=O) groups excluding carboxylic acids is 2. The zero-order chi connectivity index (χ0) is 16.7. The van der Waals surface area contributed by atoms with E-state index in [0.717, 1.165) is 32.5 Å². The quantitative estimate of drug-likeness (QED) is 0.824. The highest BCUT2D eigenvalue weighted by molar-refractivity contribution is 5.85. The average molecular weight is 321 g/mol. The second-order valence-corrected chi connectivity index (χ2v) is 5.86. The molecule has 1 heterocycles. The van der Waals surface area contributed by atoms with Crippen molar-refractivity contribution in [2.45, 2.75) is 32.2 Å². The van der Waals surface area contributed by atoms with Crippen molar-refractivity contribution in [3.05, 3.63) is 35.6 Å². The van der Waals surface area contributed by atoms with E-state index in [4.69, 9.17) is 0 Å². The van der Waals surface area contributed by atoms with Gasteiger partial charge in [-0.15, -0.1) is 0 Å². The average Bonchev–Trinajstić information content (AvgIpc) is 2.54. The molecule has 0 aliphatic carbocycles. The van der Waals surface area contributed by atoms with Gasteiger partial charge in [-0.05, 0) is 37.1 Å². The van der Waals surface area contributed by atoms with Crippen LogP contribution in [0.25, 0.3) is 0 Å². The first-order valence-electron chi connectivity index (χ1n) is 8.09. The van der Waals surface area contributed by atoms with Gasteiger partial charge in [-0.2, -0.15) is 0 Å². The Morgan fingerprint density at radius 1 is 1.26 bits per heavy atom. The van der Waals surface area contributed by atoms with Crippen LogP contribution in [-0.4, -0.2) is 48.9 Å². The predicted octanol–water partition coefficient (Wildman–Crippen LogP) is 1.08. The fourth-order valence-electron chi connectivity index (χ4n) is 2.75. The maximum absolute atomic E-state index is 13.0. The molecule has 0 bridgehead atoms. The Morgan fingerprint density at radius 3 is 2.65 bits per heavy atom. The fourth-order valence-corrected chi connectivity index (χ4v) is 2.75. The zero-order valence-corrected chi connectivity index (χ0v) is 13.5. The van der Waals surface area contributed by atoms with Crippen molar-refractivity contribution in [2.75, 3.05) is 26.2 Å². The lowest BCUT2D eigenvalue weighted by molar-refractivity contribution is -0.126. The molecule has 5 nitrogen and oxygen atoms in total. The maximum atomic E-state index is 13.0. The van der Waals surface area contributed by atoms with Crippen molar-refractivity contribution in [3.63, 3.8) is 0 Å². The molecule has 1 aliphatic heterocycles. The number of carbonyl (C=O) groups is 2. The zero-order valence-electron chi connectivity index (χ0n) is 13.5. The molecule has 1 saturated heterocycles. The third kappa shape index (κ3) is 5.98. The van der Waals surface area contributed by atoms with Gasteiger partial charge in [-0.3, -0.25) is 9.59 Å². The highest BCUT2D eigenvalue weighted by Gasteiger charge is 2.19. The van der Waals surface area contributed by atoms with Gasteiger partial charge in [0.15, 0.2) is 0 Å². The van der Waals surface area contributed by atoms with Crippen LogP contribution >= 0.6 is 0 Å². The Hall–Kier alpha value is -1.95. The van der Waals surface area contributed by atoms with E-state index < -0.39 is 0 Å². The summed E-state index contributed by atoms with van der Waals surface area (Å²) in [6.07, 6.45) is 1.95. The molecule has 0 unspecified atom stereocenters. The van der Waals surface area contributed by atoms with Crippen LogP contribution in [0.4, 0.5) is 4.39 Å². The normalized spacial score (nSPS) is 16.1. The molecule has 0 radical (unpaired) electrons. The summed E-state index contributed by atoms with van der Waals surface area (Å²) in [6, 6.07) is 6.09. The molecule has 6 heteroatoms. The van der Waals surface area contributed by atoms with E-state index >= 15 is 0 Å². The second-order valence-electron chi connectivity index (χ2n) is 5.86. The smallest absolute Gasteiger partial charge is 0.239 e. The molecule has 1 aliphatic rings. The lowest BCUT2D eigenvalue weighted by atomic mass is 10.1. The van der Waals surface area contributed by atoms with Crippen molar-refractivity contribution in [2.24, 2.45) is 0 Å². The Morgan fingerprint density at radius 2 is 2.00 bits per heavy atom. The number of piperidine rings is 1. The molecule has 126 valence electrons. The Labute approximate surface area is 136 Å². The Bertz CT molecular complexity index is 542. The number of hydrogen-bond donors (Lipinski definition) is 2. The van der Waals surface area contributed by atoms with Crippen LogP contribution in [0.15, 0.2) is 24.3 Å². The summed E-state index contributed by atoms with van der Waals surface area (Å²) in [5, 5.41) is 5.53. The maximum Gasteiger partial charge on any atom is 0.239 e. The van der Waals surface area contributed by atoms with Crippen molar-refractivity contribution in [1.29, 1.82) is 0 Å². The topological polar surface area (TPSA) is 61.4 Å². The Kier molecular flexibility index (Phi) is 6.52. The first-order chi connectivity index (χ1) is 11.1. The van der Waals surface area contributed by atoms with Gasteiger partial charge in [-0.1, -0.05) is 19.1 Å². The summed E-state index contributed by atoms with van der Waals surface area (Å²) < 4.78 is 13.0. The molecule has 1 aromatic rings. The van der Waals surface area contributed by atoms with Crippen molar-refractivity contribution >= 4 is 11.8 Å². The minimum atomic E-state index is -0.369. The molecular formula is C17H24FN3O2. The summed E-state index contributed by atoms with van der Waals surface area (Å²) in [6.45, 7) is 5.12. The van der Waals surface area contributed by atoms with Crippen LogP contribution < -0.4 is 10.6 Å². The minimum Gasteiger partial charge on any atom is -0.352 e. The summed E-state index contributed by atoms with van der Waals surface area (Å²) in [7, 11) is 0. The number of benzene rings is 1. The van der Waals surface area contributed by atoms with Crippen LogP contribution in [-0.2, 0) is 16.0 Å². The van der Waals surface area contributed by atoms with E-state index in [-0.39, 0.29) is 36.6 Å². The van der Waals surface area contributed by atoms with Crippen molar-refractivity contribution in [1.82, 2.24) is 15.5 Å². The number of nitrogens with zero attached hydrogens (tertiary/aromatic N) is 1. The standard InChI is InChI=1S/C17H24FN3O2/c1-2-21-8-6-15(7-9-21)20-17(23)12-19-16(22)11-13-4-3-5-14(18)10-13/h3-5,10,15H,2,6-9,11-12H2,1H3,(H,19,22)(H,20,23). The molecule has 2 rings (SSSR count). The lowest BCUT2D eigenvalue weighted by Crippen LogP contribution is -2.47. The first kappa shape index (κ1) is 17.4. The molecule has 1 aromatic carbocycles. The van der Waals surface area contributed by atoms with Gasteiger partial charge >= 0.3 is 0 Å². The monoisotopic (exact) mass is 321 g/mol. The first-order valence-corrected chi connectivity index (χ1v) is 8.09. The van der Waals surface area contributed by atoms with Crippen molar-refractivity contribution < 1.29 is 14.0 Å². The van der Waals surface area contributed by atoms with Gasteiger partial charge < -0.3 is 15.5 Å². The molecular weight excluding hydrogens is 297 g/mol. The molecule has 0 saturated carbocycles.